The number of nitrogens with zero attached hydrogens (tertiary/aromatic N) is 2. The lowest BCUT2D eigenvalue weighted by Crippen LogP contribution is -2.48. The Kier molecular flexibility index (Phi) is 8.80. The minimum atomic E-state index is -0.0735. The second-order valence-electron chi connectivity index (χ2n) is 8.45. The van der Waals surface area contributed by atoms with Crippen molar-refractivity contribution in [2.24, 2.45) is 0 Å². The zero-order valence-corrected chi connectivity index (χ0v) is 21.5. The molecule has 0 aliphatic carbocycles. The highest BCUT2D eigenvalue weighted by Gasteiger charge is 2.30. The van der Waals surface area contributed by atoms with E-state index in [1.807, 2.05) is 30.3 Å². The van der Waals surface area contributed by atoms with E-state index in [2.05, 4.69) is 58.6 Å². The zero-order valence-electron chi connectivity index (χ0n) is 19.9. The summed E-state index contributed by atoms with van der Waals surface area (Å²) in [6, 6.07) is 20.6. The van der Waals surface area contributed by atoms with Crippen LogP contribution < -0.4 is 5.32 Å². The number of benzene rings is 2. The van der Waals surface area contributed by atoms with Crippen LogP contribution in [0.3, 0.4) is 0 Å². The summed E-state index contributed by atoms with van der Waals surface area (Å²) >= 11 is 3.42. The van der Waals surface area contributed by atoms with Crippen LogP contribution >= 0.6 is 23.1 Å². The van der Waals surface area contributed by atoms with Crippen LogP contribution in [0.15, 0.2) is 65.6 Å². The van der Waals surface area contributed by atoms with Gasteiger partial charge in [0.2, 0.25) is 0 Å². The van der Waals surface area contributed by atoms with Gasteiger partial charge in [0.05, 0.1) is 12.6 Å². The van der Waals surface area contributed by atoms with Crippen LogP contribution in [0.2, 0.25) is 0 Å². The topological polar surface area (TPSA) is 55.8 Å². The number of amides is 1. The van der Waals surface area contributed by atoms with E-state index in [9.17, 15) is 9.90 Å². The fourth-order valence-electron chi connectivity index (χ4n) is 4.46. The number of thioether (sulfide) groups is 1. The molecule has 7 heteroatoms. The number of carbonyl (C=O) groups excluding carboxylic acids is 1. The molecule has 2 aromatic carbocycles. The molecule has 1 atom stereocenters. The van der Waals surface area contributed by atoms with E-state index in [1.165, 1.54) is 20.9 Å². The monoisotopic (exact) mass is 495 g/mol. The second-order valence-corrected chi connectivity index (χ2v) is 10.5. The molecular weight excluding hydrogens is 462 g/mol. The molecule has 34 heavy (non-hydrogen) atoms. The van der Waals surface area contributed by atoms with Gasteiger partial charge < -0.3 is 10.4 Å². The summed E-state index contributed by atoms with van der Waals surface area (Å²) < 4.78 is 0. The Morgan fingerprint density at radius 1 is 1.09 bits per heavy atom. The third kappa shape index (κ3) is 5.90. The molecule has 5 nitrogen and oxygen atoms in total. The van der Waals surface area contributed by atoms with Gasteiger partial charge in [-0.3, -0.25) is 14.6 Å². The fourth-order valence-corrected chi connectivity index (χ4v) is 5.89. The van der Waals surface area contributed by atoms with Gasteiger partial charge in [-0.25, -0.2) is 0 Å². The van der Waals surface area contributed by atoms with Gasteiger partial charge in [-0.15, -0.1) is 23.1 Å². The molecule has 0 radical (unpaired) electrons. The lowest BCUT2D eigenvalue weighted by molar-refractivity contribution is 0.0946. The first-order valence-corrected chi connectivity index (χ1v) is 13.9. The van der Waals surface area contributed by atoms with E-state index in [4.69, 9.17) is 0 Å². The Morgan fingerprint density at radius 3 is 2.41 bits per heavy atom. The Labute approximate surface area is 210 Å². The Balaban J connectivity index is 1.69. The van der Waals surface area contributed by atoms with E-state index in [-0.39, 0.29) is 18.6 Å². The molecular formula is C27H33N3O2S2. The van der Waals surface area contributed by atoms with Crippen LogP contribution in [0.25, 0.3) is 0 Å². The van der Waals surface area contributed by atoms with Crippen LogP contribution in [-0.2, 0) is 6.42 Å². The number of hydrogen-bond acceptors (Lipinski definition) is 6. The number of aliphatic hydroxyl groups excluding tert-OH is 1. The normalized spacial score (nSPS) is 15.9. The number of aliphatic hydroxyl groups is 1. The lowest BCUT2D eigenvalue weighted by atomic mass is 9.97. The van der Waals surface area contributed by atoms with Crippen molar-refractivity contribution in [1.29, 1.82) is 0 Å². The van der Waals surface area contributed by atoms with E-state index >= 15 is 0 Å². The number of rotatable bonds is 9. The number of β-amino-alcohol motifs (C(OH)–C–C–N with tert-alkyl or cyclic N) is 1. The zero-order chi connectivity index (χ0) is 23.9. The quantitative estimate of drug-likeness (QED) is 0.410. The summed E-state index contributed by atoms with van der Waals surface area (Å²) in [6.07, 6.45) is 3.03. The maximum absolute atomic E-state index is 13.0. The summed E-state index contributed by atoms with van der Waals surface area (Å²) in [7, 11) is 0. The Bertz CT molecular complexity index is 1060. The highest BCUT2D eigenvalue weighted by atomic mass is 32.2. The molecule has 4 rings (SSSR count). The summed E-state index contributed by atoms with van der Waals surface area (Å²) in [6.45, 7) is 6.76. The molecule has 0 unspecified atom stereocenters. The van der Waals surface area contributed by atoms with E-state index in [0.717, 1.165) is 44.1 Å². The third-order valence-corrected chi connectivity index (χ3v) is 8.29. The first kappa shape index (κ1) is 24.9. The predicted molar refractivity (Wildman–Crippen MR) is 143 cm³/mol. The average Bonchev–Trinajstić information content (AvgIpc) is 3.28. The van der Waals surface area contributed by atoms with Crippen LogP contribution in [0, 0.1) is 0 Å². The largest absolute Gasteiger partial charge is 0.395 e. The van der Waals surface area contributed by atoms with Crippen LogP contribution in [0.4, 0.5) is 5.00 Å². The van der Waals surface area contributed by atoms with Gasteiger partial charge in [0.1, 0.15) is 5.00 Å². The van der Waals surface area contributed by atoms with Crippen molar-refractivity contribution in [3.63, 3.8) is 0 Å². The SMILES string of the molecule is CCc1cc([C@H](c2ccc(SC)cc2)N2CCN(CCO)CC2)c(NC(=O)c2ccccc2)s1. The second kappa shape index (κ2) is 12.0. The van der Waals surface area contributed by atoms with E-state index in [0.29, 0.717) is 5.56 Å². The van der Waals surface area contributed by atoms with Gasteiger partial charge in [-0.1, -0.05) is 37.3 Å². The molecule has 0 saturated carbocycles. The molecule has 2 heterocycles. The van der Waals surface area contributed by atoms with Gasteiger partial charge in [-0.2, -0.15) is 0 Å². The lowest BCUT2D eigenvalue weighted by Gasteiger charge is -2.39. The predicted octanol–water partition coefficient (Wildman–Crippen LogP) is 4.98. The molecule has 0 bridgehead atoms. The van der Waals surface area contributed by atoms with Crippen molar-refractivity contribution >= 4 is 34.0 Å². The molecule has 0 spiro atoms. The number of aryl methyl sites for hydroxylation is 1. The smallest absolute Gasteiger partial charge is 0.256 e. The molecule has 1 aliphatic rings. The highest BCUT2D eigenvalue weighted by Crippen LogP contribution is 2.40. The molecule has 1 aromatic heterocycles. The van der Waals surface area contributed by atoms with Crippen molar-refractivity contribution in [3.8, 4) is 0 Å². The maximum atomic E-state index is 13.0. The van der Waals surface area contributed by atoms with Crippen molar-refractivity contribution in [3.05, 3.63) is 82.2 Å². The van der Waals surface area contributed by atoms with Gasteiger partial charge >= 0.3 is 0 Å². The summed E-state index contributed by atoms with van der Waals surface area (Å²) in [4.78, 5) is 20.4. The summed E-state index contributed by atoms with van der Waals surface area (Å²) in [5, 5.41) is 13.5. The minimum Gasteiger partial charge on any atom is -0.395 e. The first-order chi connectivity index (χ1) is 16.6. The van der Waals surface area contributed by atoms with Crippen LogP contribution in [0.1, 0.15) is 39.3 Å². The third-order valence-electron chi connectivity index (χ3n) is 6.34. The summed E-state index contributed by atoms with van der Waals surface area (Å²) in [5.41, 5.74) is 3.07. The fraction of sp³-hybridized carbons (Fsp3) is 0.370. The minimum absolute atomic E-state index is 0.0646. The molecule has 2 N–H and O–H groups in total. The number of anilines is 1. The van der Waals surface area contributed by atoms with Gasteiger partial charge in [0.25, 0.3) is 5.91 Å². The number of piperazine rings is 1. The van der Waals surface area contributed by atoms with Crippen molar-refractivity contribution in [1.82, 2.24) is 9.80 Å². The van der Waals surface area contributed by atoms with Crippen molar-refractivity contribution < 1.29 is 9.90 Å². The van der Waals surface area contributed by atoms with Crippen LogP contribution in [-0.4, -0.2) is 66.4 Å². The first-order valence-electron chi connectivity index (χ1n) is 11.8. The van der Waals surface area contributed by atoms with E-state index in [1.54, 1.807) is 23.1 Å². The molecule has 1 saturated heterocycles. The number of nitrogens with one attached hydrogen (secondary N) is 1. The maximum Gasteiger partial charge on any atom is 0.256 e. The standard InChI is InChI=1S/C27H33N3O2S2/c1-3-22-19-24(27(34-22)28-26(32)21-7-5-4-6-8-21)25(20-9-11-23(33-2)12-10-20)30-15-13-29(14-16-30)17-18-31/h4-12,19,25,31H,3,13-18H2,1-2H3,(H,28,32)/t25-/m0/s1. The van der Waals surface area contributed by atoms with E-state index < -0.39 is 0 Å². The molecule has 3 aromatic rings. The molecule has 1 fully saturated rings. The summed E-state index contributed by atoms with van der Waals surface area (Å²) in [5.74, 6) is -0.0735. The van der Waals surface area contributed by atoms with Crippen molar-refractivity contribution in [2.45, 2.75) is 24.3 Å². The van der Waals surface area contributed by atoms with Gasteiger partial charge in [0, 0.05) is 53.6 Å². The number of carbonyl (C=O) groups is 1. The Morgan fingerprint density at radius 2 is 1.79 bits per heavy atom. The number of thiophene rings is 1. The highest BCUT2D eigenvalue weighted by molar-refractivity contribution is 7.98. The van der Waals surface area contributed by atoms with Crippen LogP contribution in [0.5, 0.6) is 0 Å². The number of hydrogen-bond donors (Lipinski definition) is 2. The molecule has 1 amide bonds. The Hall–Kier alpha value is -2.16. The van der Waals surface area contributed by atoms with Crippen molar-refractivity contribution in [2.75, 3.05) is 50.9 Å². The average molecular weight is 496 g/mol. The van der Waals surface area contributed by atoms with Gasteiger partial charge in [-0.05, 0) is 48.6 Å². The molecule has 1 aliphatic heterocycles. The van der Waals surface area contributed by atoms with Gasteiger partial charge in [0.15, 0.2) is 0 Å². The molecule has 180 valence electrons.